The molecule has 1 aliphatic heterocycles. The lowest BCUT2D eigenvalue weighted by Crippen LogP contribution is -2.00. The maximum atomic E-state index is 5.96. The quantitative estimate of drug-likeness (QED) is 0.682. The Morgan fingerprint density at radius 3 is 2.41 bits per heavy atom. The SMILES string of the molecule is Cc1c(Br)c(C)c(Cc2ccc(C(C)C)cc2)c2c1CCO2. The normalized spacial score (nSPS) is 13.4. The van der Waals surface area contributed by atoms with Gasteiger partial charge in [-0.15, -0.1) is 0 Å². The lowest BCUT2D eigenvalue weighted by molar-refractivity contribution is 0.353. The molecule has 1 nitrogen and oxygen atoms in total. The molecule has 1 aliphatic rings. The number of hydrogen-bond acceptors (Lipinski definition) is 1. The Balaban J connectivity index is 1.99. The molecule has 0 bridgehead atoms. The maximum absolute atomic E-state index is 5.96. The second kappa shape index (κ2) is 6.08. The number of benzene rings is 2. The van der Waals surface area contributed by atoms with Gasteiger partial charge in [-0.1, -0.05) is 54.0 Å². The van der Waals surface area contributed by atoms with Crippen molar-refractivity contribution >= 4 is 15.9 Å². The molecule has 0 saturated heterocycles. The summed E-state index contributed by atoms with van der Waals surface area (Å²) in [7, 11) is 0. The zero-order valence-electron chi connectivity index (χ0n) is 13.8. The first-order chi connectivity index (χ1) is 10.5. The largest absolute Gasteiger partial charge is 0.493 e. The van der Waals surface area contributed by atoms with Crippen LogP contribution in [0, 0.1) is 13.8 Å². The van der Waals surface area contributed by atoms with E-state index < -0.39 is 0 Å². The van der Waals surface area contributed by atoms with Crippen LogP contribution in [0.5, 0.6) is 5.75 Å². The van der Waals surface area contributed by atoms with Crippen LogP contribution in [0.15, 0.2) is 28.7 Å². The third-order valence-corrected chi connectivity index (χ3v) is 5.93. The Kier molecular flexibility index (Phi) is 4.31. The Morgan fingerprint density at radius 1 is 1.09 bits per heavy atom. The van der Waals surface area contributed by atoms with Gasteiger partial charge in [-0.05, 0) is 42.0 Å². The van der Waals surface area contributed by atoms with Crippen molar-refractivity contribution in [1.29, 1.82) is 0 Å². The summed E-state index contributed by atoms with van der Waals surface area (Å²) in [5, 5.41) is 0. The molecule has 2 heteroatoms. The van der Waals surface area contributed by atoms with Crippen LogP contribution in [0.1, 0.15) is 53.1 Å². The van der Waals surface area contributed by atoms with Gasteiger partial charge in [0.15, 0.2) is 0 Å². The summed E-state index contributed by atoms with van der Waals surface area (Å²) in [4.78, 5) is 0. The van der Waals surface area contributed by atoms with E-state index in [-0.39, 0.29) is 0 Å². The number of fused-ring (bicyclic) bond motifs is 1. The van der Waals surface area contributed by atoms with Crippen molar-refractivity contribution in [1.82, 2.24) is 0 Å². The van der Waals surface area contributed by atoms with Crippen LogP contribution in [0.3, 0.4) is 0 Å². The Labute approximate surface area is 141 Å². The monoisotopic (exact) mass is 358 g/mol. The van der Waals surface area contributed by atoms with Gasteiger partial charge in [-0.2, -0.15) is 0 Å². The molecule has 2 aromatic rings. The van der Waals surface area contributed by atoms with Crippen LogP contribution < -0.4 is 4.74 Å². The third kappa shape index (κ3) is 2.69. The number of ether oxygens (including phenoxy) is 1. The van der Waals surface area contributed by atoms with Crippen molar-refractivity contribution in [3.63, 3.8) is 0 Å². The second-order valence-corrected chi connectivity index (χ2v) is 7.31. The van der Waals surface area contributed by atoms with E-state index in [1.807, 2.05) is 0 Å². The van der Waals surface area contributed by atoms with E-state index in [2.05, 4.69) is 67.9 Å². The van der Waals surface area contributed by atoms with E-state index in [1.165, 1.54) is 37.9 Å². The Morgan fingerprint density at radius 2 is 1.77 bits per heavy atom. The minimum Gasteiger partial charge on any atom is -0.493 e. The highest BCUT2D eigenvalue weighted by atomic mass is 79.9. The fourth-order valence-corrected chi connectivity index (χ4v) is 3.72. The van der Waals surface area contributed by atoms with Gasteiger partial charge >= 0.3 is 0 Å². The lowest BCUT2D eigenvalue weighted by atomic mass is 9.92. The van der Waals surface area contributed by atoms with Crippen LogP contribution in [0.4, 0.5) is 0 Å². The zero-order chi connectivity index (χ0) is 15.9. The predicted octanol–water partition coefficient (Wildman–Crippen LogP) is 5.72. The Bertz CT molecular complexity index is 699. The molecule has 0 unspecified atom stereocenters. The van der Waals surface area contributed by atoms with Crippen molar-refractivity contribution in [3.8, 4) is 5.75 Å². The van der Waals surface area contributed by atoms with E-state index in [9.17, 15) is 0 Å². The highest BCUT2D eigenvalue weighted by molar-refractivity contribution is 9.10. The van der Waals surface area contributed by atoms with Gasteiger partial charge in [-0.25, -0.2) is 0 Å². The summed E-state index contributed by atoms with van der Waals surface area (Å²) in [5.41, 5.74) is 8.11. The summed E-state index contributed by atoms with van der Waals surface area (Å²) in [5.74, 6) is 1.71. The first-order valence-electron chi connectivity index (χ1n) is 8.01. The second-order valence-electron chi connectivity index (χ2n) is 6.52. The van der Waals surface area contributed by atoms with Crippen molar-refractivity contribution in [2.45, 2.75) is 46.5 Å². The van der Waals surface area contributed by atoms with Crippen molar-refractivity contribution in [2.75, 3.05) is 6.61 Å². The molecule has 0 amide bonds. The van der Waals surface area contributed by atoms with Crippen LogP contribution in [-0.4, -0.2) is 6.61 Å². The summed E-state index contributed by atoms with van der Waals surface area (Å²) < 4.78 is 7.20. The highest BCUT2D eigenvalue weighted by Crippen LogP contribution is 2.40. The number of hydrogen-bond donors (Lipinski definition) is 0. The minimum absolute atomic E-state index is 0.580. The minimum atomic E-state index is 0.580. The van der Waals surface area contributed by atoms with Gasteiger partial charge < -0.3 is 4.74 Å². The summed E-state index contributed by atoms with van der Waals surface area (Å²) in [6, 6.07) is 9.01. The fourth-order valence-electron chi connectivity index (χ4n) is 3.24. The van der Waals surface area contributed by atoms with E-state index in [4.69, 9.17) is 4.74 Å². The molecule has 0 aliphatic carbocycles. The van der Waals surface area contributed by atoms with Crippen molar-refractivity contribution < 1.29 is 4.74 Å². The van der Waals surface area contributed by atoms with Gasteiger partial charge in [0, 0.05) is 28.4 Å². The molecule has 0 atom stereocenters. The molecular weight excluding hydrogens is 336 g/mol. The number of rotatable bonds is 3. The topological polar surface area (TPSA) is 9.23 Å². The highest BCUT2D eigenvalue weighted by Gasteiger charge is 2.23. The maximum Gasteiger partial charge on any atom is 0.126 e. The molecule has 0 N–H and O–H groups in total. The fraction of sp³-hybridized carbons (Fsp3) is 0.400. The summed E-state index contributed by atoms with van der Waals surface area (Å²) in [6.45, 7) is 9.65. The smallest absolute Gasteiger partial charge is 0.126 e. The third-order valence-electron chi connectivity index (χ3n) is 4.74. The molecule has 0 aromatic heterocycles. The predicted molar refractivity (Wildman–Crippen MR) is 96.2 cm³/mol. The molecule has 2 aromatic carbocycles. The molecule has 22 heavy (non-hydrogen) atoms. The van der Waals surface area contributed by atoms with Crippen LogP contribution >= 0.6 is 15.9 Å². The van der Waals surface area contributed by atoms with Crippen LogP contribution in [-0.2, 0) is 12.8 Å². The van der Waals surface area contributed by atoms with E-state index >= 15 is 0 Å². The Hall–Kier alpha value is -1.28. The summed E-state index contributed by atoms with van der Waals surface area (Å²) >= 11 is 3.77. The van der Waals surface area contributed by atoms with Gasteiger partial charge in [0.1, 0.15) is 5.75 Å². The molecule has 3 rings (SSSR count). The molecule has 1 heterocycles. The van der Waals surface area contributed by atoms with Gasteiger partial charge in [-0.3, -0.25) is 0 Å². The van der Waals surface area contributed by atoms with E-state index in [0.717, 1.165) is 25.2 Å². The molecule has 0 fully saturated rings. The van der Waals surface area contributed by atoms with E-state index in [0.29, 0.717) is 5.92 Å². The standard InChI is InChI=1S/C20H23BrO/c1-12(2)16-7-5-15(6-8-16)11-18-14(4)19(21)13(3)17-9-10-22-20(17)18/h5-8,12H,9-11H2,1-4H3. The zero-order valence-corrected chi connectivity index (χ0v) is 15.4. The number of halogens is 1. The van der Waals surface area contributed by atoms with Gasteiger partial charge in [0.05, 0.1) is 6.61 Å². The molecule has 0 radical (unpaired) electrons. The van der Waals surface area contributed by atoms with Crippen molar-refractivity contribution in [3.05, 3.63) is 62.1 Å². The average molecular weight is 359 g/mol. The average Bonchev–Trinajstić information content (AvgIpc) is 2.99. The first-order valence-corrected chi connectivity index (χ1v) is 8.80. The van der Waals surface area contributed by atoms with Crippen molar-refractivity contribution in [2.24, 2.45) is 0 Å². The van der Waals surface area contributed by atoms with Crippen LogP contribution in [0.2, 0.25) is 0 Å². The summed E-state index contributed by atoms with van der Waals surface area (Å²) in [6.07, 6.45) is 1.96. The van der Waals surface area contributed by atoms with Crippen LogP contribution in [0.25, 0.3) is 0 Å². The van der Waals surface area contributed by atoms with Gasteiger partial charge in [0.25, 0.3) is 0 Å². The molecule has 0 spiro atoms. The molecular formula is C20H23BrO. The van der Waals surface area contributed by atoms with Gasteiger partial charge in [0.2, 0.25) is 0 Å². The lowest BCUT2D eigenvalue weighted by Gasteiger charge is -2.16. The van der Waals surface area contributed by atoms with E-state index in [1.54, 1.807) is 0 Å². The molecule has 0 saturated carbocycles. The molecule has 116 valence electrons. The first kappa shape index (κ1) is 15.6.